The van der Waals surface area contributed by atoms with E-state index < -0.39 is 5.97 Å². The third-order valence-corrected chi connectivity index (χ3v) is 8.47. The van der Waals surface area contributed by atoms with Crippen LogP contribution in [0.25, 0.3) is 10.9 Å². The zero-order valence-electron chi connectivity index (χ0n) is 26.7. The standard InChI is InChI=1S/C36H40ClN3O7/c1-24-31(32-20-29(45-2)11-12-33(32)40(24)36(44)26-7-9-27(37)10-8-26)21-35(43)47-18-14-34(42)38-15-4-17-46-30-6-3-5-25(19-30)22-39-16-13-28(41)23-39/h3,5-12,19-20,28,41H,4,13-18,21-23H2,1-2H3,(H,38,42). The summed E-state index contributed by atoms with van der Waals surface area (Å²) in [5, 5.41) is 13.8. The van der Waals surface area contributed by atoms with Crippen molar-refractivity contribution in [1.29, 1.82) is 0 Å². The number of halogens is 1. The van der Waals surface area contributed by atoms with Gasteiger partial charge < -0.3 is 24.6 Å². The minimum absolute atomic E-state index is 0.0312. The Hall–Kier alpha value is -4.38. The topological polar surface area (TPSA) is 119 Å². The van der Waals surface area contributed by atoms with Crippen LogP contribution in [0.3, 0.4) is 0 Å². The lowest BCUT2D eigenvalue weighted by Crippen LogP contribution is -2.27. The predicted octanol–water partition coefficient (Wildman–Crippen LogP) is 4.93. The molecule has 11 heteroatoms. The molecule has 0 saturated carbocycles. The van der Waals surface area contributed by atoms with Crippen molar-refractivity contribution < 1.29 is 33.7 Å². The summed E-state index contributed by atoms with van der Waals surface area (Å²) in [7, 11) is 1.55. The fourth-order valence-electron chi connectivity index (χ4n) is 5.77. The third kappa shape index (κ3) is 8.91. The summed E-state index contributed by atoms with van der Waals surface area (Å²) in [6.07, 6.45) is 1.14. The van der Waals surface area contributed by atoms with Crippen molar-refractivity contribution in [3.05, 3.63) is 94.1 Å². The molecule has 1 aliphatic heterocycles. The molecule has 0 spiro atoms. The van der Waals surface area contributed by atoms with E-state index in [0.717, 1.165) is 30.8 Å². The summed E-state index contributed by atoms with van der Waals surface area (Å²) in [6.45, 7) is 4.96. The number of nitrogens with zero attached hydrogens (tertiary/aromatic N) is 2. The number of ether oxygens (including phenoxy) is 3. The van der Waals surface area contributed by atoms with Crippen LogP contribution in [0.1, 0.15) is 46.4 Å². The molecule has 0 radical (unpaired) electrons. The highest BCUT2D eigenvalue weighted by Gasteiger charge is 2.23. The van der Waals surface area contributed by atoms with Gasteiger partial charge in [-0.1, -0.05) is 23.7 Å². The van der Waals surface area contributed by atoms with E-state index in [-0.39, 0.29) is 37.4 Å². The number of fused-ring (bicyclic) bond motifs is 1. The zero-order chi connectivity index (χ0) is 33.3. The van der Waals surface area contributed by atoms with Crippen LogP contribution in [0.15, 0.2) is 66.7 Å². The monoisotopic (exact) mass is 661 g/mol. The summed E-state index contributed by atoms with van der Waals surface area (Å²) in [4.78, 5) is 40.9. The molecule has 47 heavy (non-hydrogen) atoms. The van der Waals surface area contributed by atoms with E-state index in [1.165, 1.54) is 0 Å². The number of aromatic nitrogens is 1. The lowest BCUT2D eigenvalue weighted by atomic mass is 10.1. The molecule has 4 aromatic rings. The fraction of sp³-hybridized carbons (Fsp3) is 0.361. The van der Waals surface area contributed by atoms with Gasteiger partial charge in [-0.05, 0) is 85.5 Å². The second kappa shape index (κ2) is 15.9. The van der Waals surface area contributed by atoms with Gasteiger partial charge in [-0.15, -0.1) is 0 Å². The molecule has 2 heterocycles. The van der Waals surface area contributed by atoms with Crippen LogP contribution < -0.4 is 14.8 Å². The second-order valence-electron chi connectivity index (χ2n) is 11.6. The molecule has 1 fully saturated rings. The van der Waals surface area contributed by atoms with Gasteiger partial charge in [0.15, 0.2) is 0 Å². The van der Waals surface area contributed by atoms with Gasteiger partial charge >= 0.3 is 5.97 Å². The average Bonchev–Trinajstić information content (AvgIpc) is 3.59. The zero-order valence-corrected chi connectivity index (χ0v) is 27.4. The van der Waals surface area contributed by atoms with Crippen LogP contribution in [0.4, 0.5) is 0 Å². The number of nitrogens with one attached hydrogen (secondary N) is 1. The number of β-amino-alcohol motifs (C(OH)–C–C–N with tert-alkyl or cyclic N) is 1. The smallest absolute Gasteiger partial charge is 0.310 e. The molecule has 1 atom stereocenters. The van der Waals surface area contributed by atoms with Gasteiger partial charge in [-0.3, -0.25) is 23.9 Å². The molecule has 1 saturated heterocycles. The molecule has 248 valence electrons. The van der Waals surface area contributed by atoms with Crippen molar-refractivity contribution in [3.63, 3.8) is 0 Å². The van der Waals surface area contributed by atoms with Gasteiger partial charge in [0.1, 0.15) is 18.1 Å². The number of aliphatic hydroxyl groups excluding tert-OH is 1. The molecular formula is C36H40ClN3O7. The number of carbonyl (C=O) groups excluding carboxylic acids is 3. The lowest BCUT2D eigenvalue weighted by molar-refractivity contribution is -0.143. The maximum Gasteiger partial charge on any atom is 0.310 e. The number of rotatable bonds is 14. The summed E-state index contributed by atoms with van der Waals surface area (Å²) in [5.74, 6) is 0.394. The van der Waals surface area contributed by atoms with Crippen LogP contribution in [0.2, 0.25) is 5.02 Å². The Morgan fingerprint density at radius 3 is 2.57 bits per heavy atom. The molecule has 0 bridgehead atoms. The van der Waals surface area contributed by atoms with E-state index in [4.69, 9.17) is 25.8 Å². The number of methoxy groups -OCH3 is 1. The number of benzene rings is 3. The van der Waals surface area contributed by atoms with E-state index in [0.29, 0.717) is 64.6 Å². The lowest BCUT2D eigenvalue weighted by Gasteiger charge is -2.15. The SMILES string of the molecule is COc1ccc2c(c1)c(CC(=O)OCCC(=O)NCCCOc1cccc(CN3CCC(O)C3)c1)c(C)n2C(=O)c1ccc(Cl)cc1. The molecule has 0 aliphatic carbocycles. The molecule has 10 nitrogen and oxygen atoms in total. The van der Waals surface area contributed by atoms with Gasteiger partial charge in [0.05, 0.1) is 38.2 Å². The summed E-state index contributed by atoms with van der Waals surface area (Å²) in [6, 6.07) is 19.9. The molecule has 3 aromatic carbocycles. The number of likely N-dealkylation sites (tertiary alicyclic amines) is 1. The van der Waals surface area contributed by atoms with Gasteiger partial charge in [0.25, 0.3) is 5.91 Å². The Labute approximate surface area is 279 Å². The first-order valence-corrected chi connectivity index (χ1v) is 16.1. The number of hydrogen-bond donors (Lipinski definition) is 2. The number of amides is 1. The first-order valence-electron chi connectivity index (χ1n) is 15.7. The van der Waals surface area contributed by atoms with Crippen molar-refractivity contribution in [2.75, 3.05) is 40.0 Å². The van der Waals surface area contributed by atoms with Gasteiger partial charge in [0, 0.05) is 47.8 Å². The van der Waals surface area contributed by atoms with Crippen LogP contribution in [0, 0.1) is 6.92 Å². The maximum absolute atomic E-state index is 13.5. The number of hydrogen-bond acceptors (Lipinski definition) is 8. The quantitative estimate of drug-likeness (QED) is 0.144. The highest BCUT2D eigenvalue weighted by atomic mass is 35.5. The van der Waals surface area contributed by atoms with E-state index in [1.54, 1.807) is 61.1 Å². The van der Waals surface area contributed by atoms with Crippen molar-refractivity contribution >= 4 is 40.3 Å². The van der Waals surface area contributed by atoms with E-state index in [1.807, 2.05) is 24.3 Å². The predicted molar refractivity (Wildman–Crippen MR) is 179 cm³/mol. The largest absolute Gasteiger partial charge is 0.497 e. The molecule has 5 rings (SSSR count). The summed E-state index contributed by atoms with van der Waals surface area (Å²) < 4.78 is 18.2. The molecular weight excluding hydrogens is 622 g/mol. The average molecular weight is 662 g/mol. The molecule has 2 N–H and O–H groups in total. The Bertz CT molecular complexity index is 1720. The Morgan fingerprint density at radius 2 is 1.83 bits per heavy atom. The van der Waals surface area contributed by atoms with Crippen molar-refractivity contribution in [2.24, 2.45) is 0 Å². The Kier molecular flexibility index (Phi) is 11.5. The highest BCUT2D eigenvalue weighted by molar-refractivity contribution is 6.30. The first kappa shape index (κ1) is 34.0. The minimum atomic E-state index is -0.502. The summed E-state index contributed by atoms with van der Waals surface area (Å²) >= 11 is 6.01. The van der Waals surface area contributed by atoms with Crippen LogP contribution in [0.5, 0.6) is 11.5 Å². The summed E-state index contributed by atoms with van der Waals surface area (Å²) in [5.41, 5.74) is 3.50. The van der Waals surface area contributed by atoms with Gasteiger partial charge in [0.2, 0.25) is 5.91 Å². The highest BCUT2D eigenvalue weighted by Crippen LogP contribution is 2.31. The Morgan fingerprint density at radius 1 is 1.02 bits per heavy atom. The molecule has 1 unspecified atom stereocenters. The second-order valence-corrected chi connectivity index (χ2v) is 12.1. The number of esters is 1. The van der Waals surface area contributed by atoms with Gasteiger partial charge in [-0.25, -0.2) is 0 Å². The van der Waals surface area contributed by atoms with Crippen molar-refractivity contribution in [2.45, 2.75) is 45.3 Å². The van der Waals surface area contributed by atoms with E-state index >= 15 is 0 Å². The van der Waals surface area contributed by atoms with Crippen LogP contribution in [-0.2, 0) is 27.3 Å². The van der Waals surface area contributed by atoms with Crippen LogP contribution in [-0.4, -0.2) is 78.4 Å². The maximum atomic E-state index is 13.5. The molecule has 1 aromatic heterocycles. The molecule has 1 amide bonds. The van der Waals surface area contributed by atoms with Crippen molar-refractivity contribution in [3.8, 4) is 11.5 Å². The molecule has 1 aliphatic rings. The fourth-order valence-corrected chi connectivity index (χ4v) is 5.90. The van der Waals surface area contributed by atoms with Gasteiger partial charge in [-0.2, -0.15) is 0 Å². The number of carbonyl (C=O) groups is 3. The normalized spacial score (nSPS) is 14.7. The Balaban J connectivity index is 1.07. The van der Waals surface area contributed by atoms with Crippen molar-refractivity contribution in [1.82, 2.24) is 14.8 Å². The van der Waals surface area contributed by atoms with E-state index in [2.05, 4.69) is 10.2 Å². The minimum Gasteiger partial charge on any atom is -0.497 e. The van der Waals surface area contributed by atoms with Crippen LogP contribution >= 0.6 is 11.6 Å². The third-order valence-electron chi connectivity index (χ3n) is 8.21. The first-order chi connectivity index (χ1) is 22.7. The van der Waals surface area contributed by atoms with E-state index in [9.17, 15) is 19.5 Å². The number of aliphatic hydroxyl groups is 1.